The lowest BCUT2D eigenvalue weighted by Crippen LogP contribution is -2.46. The number of benzene rings is 1. The summed E-state index contributed by atoms with van der Waals surface area (Å²) in [5.41, 5.74) is 5.84. The fraction of sp³-hybridized carbons (Fsp3) is 0.467. The fourth-order valence-electron chi connectivity index (χ4n) is 2.41. The van der Waals surface area contributed by atoms with Crippen molar-refractivity contribution in [2.75, 3.05) is 5.32 Å². The molecule has 0 fully saturated rings. The van der Waals surface area contributed by atoms with Gasteiger partial charge in [0.05, 0.1) is 16.1 Å². The highest BCUT2D eigenvalue weighted by molar-refractivity contribution is 9.11. The standard InChI is InChI=1S/C15H20Br2N2OS/c1-3-8-15(9-4-2,13(18)21)14(20)19-12-10(16)6-5-7-11(12)17/h5-7H,3-4,8-9H2,1-2H3,(H2,18,21)(H,19,20). The first-order chi connectivity index (χ1) is 9.89. The van der Waals surface area contributed by atoms with Crippen LogP contribution in [0, 0.1) is 5.41 Å². The summed E-state index contributed by atoms with van der Waals surface area (Å²) >= 11 is 12.1. The number of amides is 1. The maximum atomic E-state index is 12.8. The number of anilines is 1. The number of carbonyl (C=O) groups is 1. The lowest BCUT2D eigenvalue weighted by Gasteiger charge is -2.31. The summed E-state index contributed by atoms with van der Waals surface area (Å²) in [5, 5.41) is 2.97. The summed E-state index contributed by atoms with van der Waals surface area (Å²) in [6, 6.07) is 5.65. The van der Waals surface area contributed by atoms with E-state index in [-0.39, 0.29) is 10.9 Å². The number of para-hydroxylation sites is 1. The Hall–Kier alpha value is -0.460. The van der Waals surface area contributed by atoms with Gasteiger partial charge in [-0.15, -0.1) is 0 Å². The molecule has 0 saturated carbocycles. The van der Waals surface area contributed by atoms with Gasteiger partial charge in [0.25, 0.3) is 0 Å². The van der Waals surface area contributed by atoms with Crippen LogP contribution in [-0.2, 0) is 4.79 Å². The molecule has 3 nitrogen and oxygen atoms in total. The van der Waals surface area contributed by atoms with E-state index in [1.54, 1.807) is 0 Å². The first kappa shape index (κ1) is 18.6. The maximum Gasteiger partial charge on any atom is 0.237 e. The van der Waals surface area contributed by atoms with Crippen LogP contribution in [0.3, 0.4) is 0 Å². The molecule has 0 spiro atoms. The minimum absolute atomic E-state index is 0.133. The van der Waals surface area contributed by atoms with Gasteiger partial charge in [-0.1, -0.05) is 45.0 Å². The Bertz CT molecular complexity index is 508. The van der Waals surface area contributed by atoms with Gasteiger partial charge >= 0.3 is 0 Å². The van der Waals surface area contributed by atoms with Gasteiger partial charge in [-0.25, -0.2) is 0 Å². The zero-order valence-corrected chi connectivity index (χ0v) is 16.2. The van der Waals surface area contributed by atoms with E-state index < -0.39 is 5.41 Å². The van der Waals surface area contributed by atoms with Crippen molar-refractivity contribution in [2.45, 2.75) is 39.5 Å². The Kier molecular flexibility index (Phi) is 7.30. The smallest absolute Gasteiger partial charge is 0.237 e. The lowest BCUT2D eigenvalue weighted by atomic mass is 9.78. The molecule has 0 aliphatic rings. The summed E-state index contributed by atoms with van der Waals surface area (Å²) in [7, 11) is 0. The predicted octanol–water partition coefficient (Wildman–Crippen LogP) is 5.02. The minimum Gasteiger partial charge on any atom is -0.392 e. The van der Waals surface area contributed by atoms with E-state index in [2.05, 4.69) is 37.2 Å². The van der Waals surface area contributed by atoms with Crippen LogP contribution in [-0.4, -0.2) is 10.9 Å². The Morgan fingerprint density at radius 1 is 1.24 bits per heavy atom. The molecule has 0 unspecified atom stereocenters. The third-order valence-electron chi connectivity index (χ3n) is 3.46. The highest BCUT2D eigenvalue weighted by atomic mass is 79.9. The number of hydrogen-bond acceptors (Lipinski definition) is 2. The molecule has 0 aliphatic carbocycles. The molecule has 0 saturated heterocycles. The van der Waals surface area contributed by atoms with Crippen molar-refractivity contribution in [3.8, 4) is 0 Å². The molecule has 0 bridgehead atoms. The lowest BCUT2D eigenvalue weighted by molar-refractivity contribution is -0.122. The molecule has 21 heavy (non-hydrogen) atoms. The summed E-state index contributed by atoms with van der Waals surface area (Å²) in [4.78, 5) is 13.1. The second kappa shape index (κ2) is 8.25. The molecule has 1 aromatic carbocycles. The third kappa shape index (κ3) is 4.27. The van der Waals surface area contributed by atoms with Crippen molar-refractivity contribution in [3.63, 3.8) is 0 Å². The zero-order chi connectivity index (χ0) is 16.0. The number of nitrogens with two attached hydrogens (primary N) is 1. The summed E-state index contributed by atoms with van der Waals surface area (Å²) in [6.45, 7) is 4.06. The van der Waals surface area contributed by atoms with Crippen LogP contribution >= 0.6 is 44.1 Å². The SMILES string of the molecule is CCCC(CCC)(C(=O)Nc1c(Br)cccc1Br)C(N)=S. The molecular weight excluding hydrogens is 416 g/mol. The van der Waals surface area contributed by atoms with E-state index in [0.717, 1.165) is 21.8 Å². The largest absolute Gasteiger partial charge is 0.392 e. The van der Waals surface area contributed by atoms with Crippen LogP contribution in [0.1, 0.15) is 39.5 Å². The molecule has 0 heterocycles. The average molecular weight is 436 g/mol. The van der Waals surface area contributed by atoms with Crippen molar-refractivity contribution in [2.24, 2.45) is 11.1 Å². The van der Waals surface area contributed by atoms with Gasteiger partial charge in [0.2, 0.25) is 5.91 Å². The van der Waals surface area contributed by atoms with E-state index in [9.17, 15) is 4.79 Å². The molecule has 3 N–H and O–H groups in total. The monoisotopic (exact) mass is 434 g/mol. The first-order valence-electron chi connectivity index (χ1n) is 6.94. The van der Waals surface area contributed by atoms with Crippen molar-refractivity contribution in [3.05, 3.63) is 27.1 Å². The highest BCUT2D eigenvalue weighted by Gasteiger charge is 2.40. The number of carbonyl (C=O) groups excluding carboxylic acids is 1. The van der Waals surface area contributed by atoms with Crippen LogP contribution in [0.25, 0.3) is 0 Å². The quantitative estimate of drug-likeness (QED) is 0.591. The van der Waals surface area contributed by atoms with Crippen molar-refractivity contribution < 1.29 is 4.79 Å². The highest BCUT2D eigenvalue weighted by Crippen LogP contribution is 2.36. The fourth-order valence-corrected chi connectivity index (χ4v) is 3.91. The molecule has 0 aromatic heterocycles. The van der Waals surface area contributed by atoms with E-state index in [1.165, 1.54) is 0 Å². The van der Waals surface area contributed by atoms with Crippen LogP contribution in [0.5, 0.6) is 0 Å². The number of rotatable bonds is 7. The predicted molar refractivity (Wildman–Crippen MR) is 99.5 cm³/mol. The average Bonchev–Trinajstić information content (AvgIpc) is 2.42. The van der Waals surface area contributed by atoms with Gasteiger partial charge in [-0.05, 0) is 56.8 Å². The Morgan fingerprint density at radius 3 is 2.10 bits per heavy atom. The van der Waals surface area contributed by atoms with Crippen molar-refractivity contribution >= 4 is 60.7 Å². The van der Waals surface area contributed by atoms with Gasteiger partial charge in [0.15, 0.2) is 0 Å². The van der Waals surface area contributed by atoms with Gasteiger partial charge in [0.1, 0.15) is 0 Å². The van der Waals surface area contributed by atoms with Crippen LogP contribution in [0.4, 0.5) is 5.69 Å². The summed E-state index contributed by atoms with van der Waals surface area (Å²) in [6.07, 6.45) is 3.01. The van der Waals surface area contributed by atoms with Crippen molar-refractivity contribution in [1.82, 2.24) is 0 Å². The Balaban J connectivity index is 3.14. The molecule has 1 aromatic rings. The van der Waals surface area contributed by atoms with Crippen LogP contribution < -0.4 is 11.1 Å². The Morgan fingerprint density at radius 2 is 1.71 bits per heavy atom. The van der Waals surface area contributed by atoms with Crippen molar-refractivity contribution in [1.29, 1.82) is 0 Å². The van der Waals surface area contributed by atoms with Crippen LogP contribution in [0.15, 0.2) is 27.1 Å². The van der Waals surface area contributed by atoms with Gasteiger partial charge < -0.3 is 11.1 Å². The van der Waals surface area contributed by atoms with E-state index in [0.29, 0.717) is 18.5 Å². The van der Waals surface area contributed by atoms with Gasteiger partial charge in [-0.3, -0.25) is 4.79 Å². The first-order valence-corrected chi connectivity index (χ1v) is 8.93. The molecule has 116 valence electrons. The second-order valence-corrected chi connectivity index (χ2v) is 7.15. The third-order valence-corrected chi connectivity index (χ3v) is 5.17. The molecule has 1 rings (SSSR count). The molecular formula is C15H20Br2N2OS. The number of hydrogen-bond donors (Lipinski definition) is 2. The maximum absolute atomic E-state index is 12.8. The van der Waals surface area contributed by atoms with Gasteiger partial charge in [0, 0.05) is 8.95 Å². The minimum atomic E-state index is -0.784. The van der Waals surface area contributed by atoms with Crippen LogP contribution in [0.2, 0.25) is 0 Å². The summed E-state index contributed by atoms with van der Waals surface area (Å²) < 4.78 is 1.63. The number of nitrogens with one attached hydrogen (secondary N) is 1. The van der Waals surface area contributed by atoms with E-state index in [4.69, 9.17) is 18.0 Å². The normalized spacial score (nSPS) is 11.2. The number of halogens is 2. The Labute approximate surface area is 148 Å². The molecule has 0 aliphatic heterocycles. The van der Waals surface area contributed by atoms with Gasteiger partial charge in [-0.2, -0.15) is 0 Å². The molecule has 6 heteroatoms. The topological polar surface area (TPSA) is 55.1 Å². The molecule has 1 amide bonds. The molecule has 0 atom stereocenters. The zero-order valence-electron chi connectivity index (χ0n) is 12.2. The summed E-state index contributed by atoms with van der Waals surface area (Å²) in [5.74, 6) is -0.133. The van der Waals surface area contributed by atoms with E-state index >= 15 is 0 Å². The molecule has 0 radical (unpaired) electrons. The number of thiocarbonyl (C=S) groups is 1. The second-order valence-electron chi connectivity index (χ2n) is 5.00. The van der Waals surface area contributed by atoms with E-state index in [1.807, 2.05) is 32.0 Å².